The van der Waals surface area contributed by atoms with Gasteiger partial charge in [0.05, 0.1) is 43.0 Å². The number of benzene rings is 1. The standard InChI is InChI=1S/C49H76N2O11/c1-12-30-14-13-15-39(62-41-19-18-38(51(7)8)28(5)58-41)27(4)44(53)36-23-33-32-21-31(61-49-48(57-11)47(56-10)46(55-9)29(6)59-49)22-35(32)45(54)43(42(33)34(36)24-40(52)60-30)50-37-17-16-25(2)20-26(37)3/h16-17,20,23,27-35,38-39,41-43,45-50,54H,12-15,18-19,21-22,24H2,1-11H3/t27-,28?,29?,30+,31+,32+,33+,34-,35-,38+,39+,41+,42-,43-,45-,46+,47?,48?,49+/m1/s1. The number of anilines is 1. The smallest absolute Gasteiger partial charge is 0.306 e. The number of nitrogens with one attached hydrogen (secondary N) is 1. The molecule has 1 aromatic carbocycles. The van der Waals surface area contributed by atoms with Gasteiger partial charge in [-0.2, -0.15) is 0 Å². The molecule has 19 atom stereocenters. The number of nitrogens with zero attached hydrogens (tertiary/aromatic N) is 1. The second-order valence-electron chi connectivity index (χ2n) is 19.6. The van der Waals surface area contributed by atoms with Crippen LogP contribution >= 0.6 is 0 Å². The molecule has 2 N–H and O–H groups in total. The van der Waals surface area contributed by atoms with Crippen molar-refractivity contribution in [1.29, 1.82) is 0 Å². The van der Waals surface area contributed by atoms with Crippen LogP contribution in [0.4, 0.5) is 5.69 Å². The van der Waals surface area contributed by atoms with E-state index in [0.29, 0.717) is 43.7 Å². The summed E-state index contributed by atoms with van der Waals surface area (Å²) in [5, 5.41) is 16.5. The zero-order chi connectivity index (χ0) is 44.6. The number of hydrogen-bond donors (Lipinski definition) is 2. The Morgan fingerprint density at radius 2 is 1.60 bits per heavy atom. The first kappa shape index (κ1) is 47.5. The van der Waals surface area contributed by atoms with Gasteiger partial charge in [0.2, 0.25) is 0 Å². The maximum atomic E-state index is 15.2. The molecule has 3 heterocycles. The van der Waals surface area contributed by atoms with Crippen LogP contribution in [0.2, 0.25) is 0 Å². The fourth-order valence-corrected chi connectivity index (χ4v) is 12.4. The first-order valence-corrected chi connectivity index (χ1v) is 23.5. The summed E-state index contributed by atoms with van der Waals surface area (Å²) in [5.74, 6) is -1.80. The first-order valence-electron chi connectivity index (χ1n) is 23.5. The summed E-state index contributed by atoms with van der Waals surface area (Å²) in [4.78, 5) is 31.5. The average molecular weight is 869 g/mol. The number of aliphatic hydroxyl groups is 1. The summed E-state index contributed by atoms with van der Waals surface area (Å²) < 4.78 is 50.3. The molecule has 3 saturated heterocycles. The lowest BCUT2D eigenvalue weighted by Crippen LogP contribution is -2.59. The number of allylic oxidation sites excluding steroid dienone is 2. The molecule has 6 aliphatic rings. The number of cyclic esters (lactones) is 1. The Morgan fingerprint density at radius 1 is 0.871 bits per heavy atom. The Balaban J connectivity index is 1.22. The molecule has 1 aromatic rings. The summed E-state index contributed by atoms with van der Waals surface area (Å²) in [7, 11) is 9.08. The number of fused-ring (bicyclic) bond motifs is 5. The molecule has 0 aromatic heterocycles. The Kier molecular flexibility index (Phi) is 15.6. The lowest BCUT2D eigenvalue weighted by molar-refractivity contribution is -0.314. The highest BCUT2D eigenvalue weighted by molar-refractivity contribution is 5.99. The minimum atomic E-state index is -0.793. The molecule has 0 bridgehead atoms. The number of esters is 1. The molecule has 3 aliphatic carbocycles. The van der Waals surface area contributed by atoms with Crippen molar-refractivity contribution in [2.24, 2.45) is 35.5 Å². The Bertz CT molecular complexity index is 1720. The van der Waals surface area contributed by atoms with Gasteiger partial charge in [0.25, 0.3) is 0 Å². The number of aliphatic hydroxyl groups excluding tert-OH is 1. The third-order valence-corrected chi connectivity index (χ3v) is 15.6. The number of ether oxygens (including phenoxy) is 8. The van der Waals surface area contributed by atoms with Gasteiger partial charge in [0.15, 0.2) is 18.4 Å². The normalized spacial score (nSPS) is 42.9. The third-order valence-electron chi connectivity index (χ3n) is 15.6. The molecule has 2 saturated carbocycles. The van der Waals surface area contributed by atoms with Crippen LogP contribution in [0.15, 0.2) is 29.8 Å². The Morgan fingerprint density at radius 3 is 2.26 bits per heavy atom. The molecule has 7 rings (SSSR count). The SMILES string of the molecule is CC[C@H]1CCC[C@H](O[C@H]2CC[C@H](N(C)C)C(C)O2)[C@@H](C)C(=O)C2=C[C@H]3[C@@H]4C[C@H](O[C@@H]5OC(C)[C@H](OC)C(OC)C5OC)C[C@H]4[C@@H](O)[C@H](Nc4ccc(C)cc4C)[C@H]3[C@@H]2CC(=O)O1. The Labute approximate surface area is 370 Å². The van der Waals surface area contributed by atoms with Crippen molar-refractivity contribution in [3.8, 4) is 0 Å². The van der Waals surface area contributed by atoms with Crippen LogP contribution in [0.3, 0.4) is 0 Å². The van der Waals surface area contributed by atoms with Gasteiger partial charge in [-0.1, -0.05) is 37.6 Å². The van der Waals surface area contributed by atoms with E-state index >= 15 is 4.79 Å². The van der Waals surface area contributed by atoms with E-state index in [1.807, 2.05) is 13.8 Å². The van der Waals surface area contributed by atoms with Gasteiger partial charge in [0.1, 0.15) is 24.4 Å². The molecular weight excluding hydrogens is 793 g/mol. The molecule has 3 aliphatic heterocycles. The van der Waals surface area contributed by atoms with Gasteiger partial charge in [-0.05, 0) is 134 Å². The highest BCUT2D eigenvalue weighted by atomic mass is 16.7. The number of ketones is 1. The zero-order valence-electron chi connectivity index (χ0n) is 39.1. The molecule has 13 heteroatoms. The van der Waals surface area contributed by atoms with Crippen molar-refractivity contribution in [1.82, 2.24) is 4.90 Å². The molecule has 62 heavy (non-hydrogen) atoms. The fourth-order valence-electron chi connectivity index (χ4n) is 12.4. The molecule has 5 fully saturated rings. The molecule has 0 spiro atoms. The van der Waals surface area contributed by atoms with Gasteiger partial charge >= 0.3 is 5.97 Å². The van der Waals surface area contributed by atoms with E-state index in [2.05, 4.69) is 76.3 Å². The van der Waals surface area contributed by atoms with Gasteiger partial charge in [-0.3, -0.25) is 9.59 Å². The number of aryl methyl sites for hydroxylation is 2. The summed E-state index contributed by atoms with van der Waals surface area (Å²) in [6.45, 7) is 12.2. The molecule has 0 radical (unpaired) electrons. The number of carbonyl (C=O) groups excluding carboxylic acids is 2. The number of methoxy groups -OCH3 is 3. The van der Waals surface area contributed by atoms with E-state index in [9.17, 15) is 9.90 Å². The average Bonchev–Trinajstić information content (AvgIpc) is 3.82. The minimum absolute atomic E-state index is 0.00206. The van der Waals surface area contributed by atoms with E-state index in [-0.39, 0.29) is 78.5 Å². The highest BCUT2D eigenvalue weighted by Gasteiger charge is 2.60. The Hall–Kier alpha value is -2.46. The number of rotatable bonds is 11. The number of hydrogen-bond acceptors (Lipinski definition) is 13. The lowest BCUT2D eigenvalue weighted by Gasteiger charge is -2.48. The first-order chi connectivity index (χ1) is 29.7. The predicted molar refractivity (Wildman–Crippen MR) is 234 cm³/mol. The molecule has 0 amide bonds. The quantitative estimate of drug-likeness (QED) is 0.238. The van der Waals surface area contributed by atoms with Crippen molar-refractivity contribution in [3.05, 3.63) is 41.0 Å². The van der Waals surface area contributed by atoms with Crippen molar-refractivity contribution < 1.29 is 52.6 Å². The van der Waals surface area contributed by atoms with Crippen LogP contribution in [-0.2, 0) is 47.5 Å². The van der Waals surface area contributed by atoms with Crippen LogP contribution in [-0.4, -0.2) is 137 Å². The summed E-state index contributed by atoms with van der Waals surface area (Å²) in [5.41, 5.74) is 3.79. The summed E-state index contributed by atoms with van der Waals surface area (Å²) in [6, 6.07) is 6.11. The van der Waals surface area contributed by atoms with Crippen LogP contribution in [0.1, 0.15) is 96.6 Å². The van der Waals surface area contributed by atoms with E-state index in [4.69, 9.17) is 37.9 Å². The maximum absolute atomic E-state index is 15.2. The third kappa shape index (κ3) is 9.72. The summed E-state index contributed by atoms with van der Waals surface area (Å²) >= 11 is 0. The van der Waals surface area contributed by atoms with Crippen LogP contribution < -0.4 is 5.32 Å². The van der Waals surface area contributed by atoms with Crippen molar-refractivity contribution in [2.45, 2.75) is 179 Å². The van der Waals surface area contributed by atoms with Crippen LogP contribution in [0.5, 0.6) is 0 Å². The number of likely N-dealkylation sites (N-methyl/N-ethyl adjacent to an activating group) is 1. The predicted octanol–water partition coefficient (Wildman–Crippen LogP) is 6.39. The van der Waals surface area contributed by atoms with Crippen molar-refractivity contribution >= 4 is 17.4 Å². The molecule has 4 unspecified atom stereocenters. The maximum Gasteiger partial charge on any atom is 0.306 e. The zero-order valence-corrected chi connectivity index (χ0v) is 39.1. The number of carbonyl (C=O) groups is 2. The fraction of sp³-hybridized carbons (Fsp3) is 0.796. The van der Waals surface area contributed by atoms with E-state index in [1.165, 1.54) is 0 Å². The topological polar surface area (TPSA) is 143 Å². The number of Topliss-reactive ketones (excluding diaryl/α,β-unsaturated/α-hetero) is 1. The van der Waals surface area contributed by atoms with E-state index < -0.39 is 48.8 Å². The second-order valence-corrected chi connectivity index (χ2v) is 19.6. The van der Waals surface area contributed by atoms with Gasteiger partial charge < -0.3 is 53.2 Å². The second kappa shape index (κ2) is 20.4. The van der Waals surface area contributed by atoms with Gasteiger partial charge in [0, 0.05) is 44.9 Å². The highest BCUT2D eigenvalue weighted by Crippen LogP contribution is 2.57. The van der Waals surface area contributed by atoms with E-state index in [1.54, 1.807) is 21.3 Å². The summed E-state index contributed by atoms with van der Waals surface area (Å²) in [6.07, 6.45) is 3.60. The molecular formula is C49H76N2O11. The monoisotopic (exact) mass is 869 g/mol. The van der Waals surface area contributed by atoms with Gasteiger partial charge in [-0.15, -0.1) is 0 Å². The molecule has 348 valence electrons. The molecule has 13 nitrogen and oxygen atoms in total. The minimum Gasteiger partial charge on any atom is -0.462 e. The van der Waals surface area contributed by atoms with Crippen LogP contribution in [0.25, 0.3) is 0 Å². The van der Waals surface area contributed by atoms with Gasteiger partial charge in [-0.25, -0.2) is 0 Å². The largest absolute Gasteiger partial charge is 0.462 e. The van der Waals surface area contributed by atoms with E-state index in [0.717, 1.165) is 36.1 Å². The lowest BCUT2D eigenvalue weighted by atomic mass is 9.62. The van der Waals surface area contributed by atoms with Crippen molar-refractivity contribution in [2.75, 3.05) is 40.7 Å². The van der Waals surface area contributed by atoms with Crippen molar-refractivity contribution in [3.63, 3.8) is 0 Å². The van der Waals surface area contributed by atoms with Crippen LogP contribution in [0, 0.1) is 49.4 Å².